The van der Waals surface area contributed by atoms with Crippen LogP contribution in [-0.4, -0.2) is 19.9 Å². The van der Waals surface area contributed by atoms with Crippen LogP contribution in [0.3, 0.4) is 0 Å². The van der Waals surface area contributed by atoms with Gasteiger partial charge < -0.3 is 0 Å². The first-order chi connectivity index (χ1) is 10.0. The van der Waals surface area contributed by atoms with Gasteiger partial charge in [0.25, 0.3) is 10.0 Å². The van der Waals surface area contributed by atoms with Crippen molar-refractivity contribution < 1.29 is 12.8 Å². The molecule has 4 nitrogen and oxygen atoms in total. The van der Waals surface area contributed by atoms with Crippen LogP contribution in [0.1, 0.15) is 26.2 Å². The molecule has 0 amide bonds. The molecule has 0 aliphatic rings. The average Bonchev–Trinajstić information content (AvgIpc) is 2.95. The summed E-state index contributed by atoms with van der Waals surface area (Å²) in [7, 11) is -3.50. The van der Waals surface area contributed by atoms with E-state index in [1.54, 1.807) is 12.1 Å². The third-order valence-corrected chi connectivity index (χ3v) is 5.88. The van der Waals surface area contributed by atoms with Crippen molar-refractivity contribution in [1.29, 1.82) is 0 Å². The molecule has 0 aliphatic carbocycles. The summed E-state index contributed by atoms with van der Waals surface area (Å²) in [6, 6.07) is 5.82. The minimum absolute atomic E-state index is 0.179. The smallest absolute Gasteiger partial charge is 0.243 e. The Bertz CT molecular complexity index is 681. The zero-order valence-corrected chi connectivity index (χ0v) is 13.3. The first-order valence-electron chi connectivity index (χ1n) is 6.74. The number of rotatable bonds is 7. The van der Waals surface area contributed by atoms with Gasteiger partial charge in [-0.25, -0.2) is 22.5 Å². The van der Waals surface area contributed by atoms with Crippen molar-refractivity contribution in [3.63, 3.8) is 0 Å². The molecule has 0 aliphatic heterocycles. The summed E-state index contributed by atoms with van der Waals surface area (Å²) < 4.78 is 39.8. The fraction of sp³-hybridized carbons (Fsp3) is 0.357. The maximum Gasteiger partial charge on any atom is 0.251 e. The van der Waals surface area contributed by atoms with Gasteiger partial charge in [-0.3, -0.25) is 0 Å². The highest BCUT2D eigenvalue weighted by Gasteiger charge is 2.17. The fourth-order valence-corrected chi connectivity index (χ4v) is 4.02. The molecule has 0 fully saturated rings. The van der Waals surface area contributed by atoms with E-state index in [9.17, 15) is 12.8 Å². The van der Waals surface area contributed by atoms with E-state index >= 15 is 0 Å². The number of sulfonamides is 1. The van der Waals surface area contributed by atoms with Crippen LogP contribution in [0.25, 0.3) is 10.6 Å². The molecule has 1 N–H and O–H groups in total. The van der Waals surface area contributed by atoms with Crippen LogP contribution in [0.2, 0.25) is 0 Å². The standard InChI is InChI=1S/C14H17FN2O2S2/c1-2-3-4-9-17-21(18,19)13-10-16-14(20-13)11-5-7-12(15)8-6-11/h5-8,10,17H,2-4,9H2,1H3. The van der Waals surface area contributed by atoms with Crippen molar-refractivity contribution in [2.75, 3.05) is 6.54 Å². The molecule has 0 radical (unpaired) electrons. The molecule has 1 heterocycles. The summed E-state index contributed by atoms with van der Waals surface area (Å²) in [5.74, 6) is -0.333. The largest absolute Gasteiger partial charge is 0.251 e. The summed E-state index contributed by atoms with van der Waals surface area (Å²) >= 11 is 1.08. The maximum absolute atomic E-state index is 12.9. The van der Waals surface area contributed by atoms with Crippen molar-refractivity contribution >= 4 is 21.4 Å². The number of thiazole rings is 1. The number of hydrogen-bond acceptors (Lipinski definition) is 4. The molecule has 2 rings (SSSR count). The van der Waals surface area contributed by atoms with E-state index in [2.05, 4.69) is 16.6 Å². The molecular formula is C14H17FN2O2S2. The highest BCUT2D eigenvalue weighted by molar-refractivity contribution is 7.91. The van der Waals surface area contributed by atoms with Gasteiger partial charge in [0.15, 0.2) is 4.21 Å². The van der Waals surface area contributed by atoms with Crippen molar-refractivity contribution in [2.24, 2.45) is 0 Å². The minimum Gasteiger partial charge on any atom is -0.243 e. The summed E-state index contributed by atoms with van der Waals surface area (Å²) in [5.41, 5.74) is 0.703. The van der Waals surface area contributed by atoms with Crippen LogP contribution >= 0.6 is 11.3 Å². The molecule has 2 aromatic rings. The normalized spacial score (nSPS) is 11.7. The lowest BCUT2D eigenvalue weighted by molar-refractivity contribution is 0.578. The molecule has 0 saturated carbocycles. The quantitative estimate of drug-likeness (QED) is 0.792. The molecule has 0 saturated heterocycles. The highest BCUT2D eigenvalue weighted by atomic mass is 32.2. The van der Waals surface area contributed by atoms with E-state index in [1.807, 2.05) is 0 Å². The summed E-state index contributed by atoms with van der Waals surface area (Å²) in [6.45, 7) is 2.49. The summed E-state index contributed by atoms with van der Waals surface area (Å²) in [4.78, 5) is 4.10. The van der Waals surface area contributed by atoms with Crippen LogP contribution in [0.15, 0.2) is 34.7 Å². The van der Waals surface area contributed by atoms with Gasteiger partial charge in [0.05, 0.1) is 6.20 Å². The van der Waals surface area contributed by atoms with E-state index in [0.29, 0.717) is 17.1 Å². The molecule has 114 valence electrons. The average molecular weight is 328 g/mol. The van der Waals surface area contributed by atoms with Gasteiger partial charge in [0.2, 0.25) is 0 Å². The summed E-state index contributed by atoms with van der Waals surface area (Å²) in [6.07, 6.45) is 4.19. The first kappa shape index (κ1) is 16.1. The second-order valence-electron chi connectivity index (χ2n) is 4.60. The molecule has 1 aromatic heterocycles. The van der Waals surface area contributed by atoms with Gasteiger partial charge in [-0.15, -0.1) is 11.3 Å². The van der Waals surface area contributed by atoms with Crippen molar-refractivity contribution in [3.8, 4) is 10.6 Å². The number of benzene rings is 1. The van der Waals surface area contributed by atoms with Gasteiger partial charge in [-0.1, -0.05) is 19.8 Å². The van der Waals surface area contributed by atoms with Crippen molar-refractivity contribution in [3.05, 3.63) is 36.3 Å². The predicted molar refractivity (Wildman–Crippen MR) is 82.2 cm³/mol. The lowest BCUT2D eigenvalue weighted by Gasteiger charge is -2.03. The van der Waals surface area contributed by atoms with Crippen LogP contribution in [-0.2, 0) is 10.0 Å². The summed E-state index contributed by atoms with van der Waals surface area (Å²) in [5, 5.41) is 0.559. The number of nitrogens with zero attached hydrogens (tertiary/aromatic N) is 1. The molecule has 1 aromatic carbocycles. The number of halogens is 1. The Hall–Kier alpha value is -1.31. The van der Waals surface area contributed by atoms with E-state index < -0.39 is 10.0 Å². The van der Waals surface area contributed by atoms with Crippen molar-refractivity contribution in [1.82, 2.24) is 9.71 Å². The lowest BCUT2D eigenvalue weighted by atomic mass is 10.2. The van der Waals surface area contributed by atoms with Gasteiger partial charge in [-0.05, 0) is 30.7 Å². The number of aromatic nitrogens is 1. The maximum atomic E-state index is 12.9. The third kappa shape index (κ3) is 4.33. The Labute approximate surface area is 128 Å². The predicted octanol–water partition coefficient (Wildman–Crippen LogP) is 3.42. The van der Waals surface area contributed by atoms with Crippen molar-refractivity contribution in [2.45, 2.75) is 30.4 Å². The zero-order valence-electron chi connectivity index (χ0n) is 11.7. The van der Waals surface area contributed by atoms with E-state index in [-0.39, 0.29) is 10.0 Å². The monoisotopic (exact) mass is 328 g/mol. The molecule has 21 heavy (non-hydrogen) atoms. The Balaban J connectivity index is 2.10. The fourth-order valence-electron chi connectivity index (χ4n) is 1.76. The lowest BCUT2D eigenvalue weighted by Crippen LogP contribution is -2.23. The second-order valence-corrected chi connectivity index (χ2v) is 7.62. The Morgan fingerprint density at radius 2 is 1.95 bits per heavy atom. The Morgan fingerprint density at radius 3 is 2.62 bits per heavy atom. The number of unbranched alkanes of at least 4 members (excludes halogenated alkanes) is 2. The second kappa shape index (κ2) is 7.11. The molecular weight excluding hydrogens is 311 g/mol. The van der Waals surface area contributed by atoms with Gasteiger partial charge >= 0.3 is 0 Å². The molecule has 0 spiro atoms. The van der Waals surface area contributed by atoms with Gasteiger partial charge in [-0.2, -0.15) is 0 Å². The Morgan fingerprint density at radius 1 is 1.24 bits per heavy atom. The van der Waals surface area contributed by atoms with Gasteiger partial charge in [0.1, 0.15) is 10.8 Å². The first-order valence-corrected chi connectivity index (χ1v) is 9.04. The van der Waals surface area contributed by atoms with Crippen LogP contribution in [0, 0.1) is 5.82 Å². The van der Waals surface area contributed by atoms with Crippen LogP contribution in [0.4, 0.5) is 4.39 Å². The van der Waals surface area contributed by atoms with E-state index in [1.165, 1.54) is 18.3 Å². The third-order valence-electron chi connectivity index (χ3n) is 2.91. The van der Waals surface area contributed by atoms with E-state index in [0.717, 1.165) is 30.6 Å². The Kier molecular flexibility index (Phi) is 5.44. The number of hydrogen-bond donors (Lipinski definition) is 1. The SMILES string of the molecule is CCCCCNS(=O)(=O)c1cnc(-c2ccc(F)cc2)s1. The minimum atomic E-state index is -3.50. The topological polar surface area (TPSA) is 59.1 Å². The van der Waals surface area contributed by atoms with Crippen LogP contribution in [0.5, 0.6) is 0 Å². The molecule has 0 bridgehead atoms. The van der Waals surface area contributed by atoms with E-state index in [4.69, 9.17) is 0 Å². The van der Waals surface area contributed by atoms with Gasteiger partial charge in [0, 0.05) is 12.1 Å². The molecule has 0 atom stereocenters. The molecule has 7 heteroatoms. The van der Waals surface area contributed by atoms with Crippen LogP contribution < -0.4 is 4.72 Å². The number of nitrogens with one attached hydrogen (secondary N) is 1. The highest BCUT2D eigenvalue weighted by Crippen LogP contribution is 2.27. The zero-order chi connectivity index (χ0) is 15.3. The molecule has 0 unspecified atom stereocenters.